The van der Waals surface area contributed by atoms with E-state index >= 15 is 0 Å². The molecule has 0 atom stereocenters. The smallest absolute Gasteiger partial charge is 0.00755 e. The maximum atomic E-state index is 5.97. The molecule has 1 aromatic carbocycles. The Balaban J connectivity index is 2.26. The molecule has 15 heavy (non-hydrogen) atoms. The van der Waals surface area contributed by atoms with Gasteiger partial charge in [0.2, 0.25) is 0 Å². The Bertz CT molecular complexity index is 307. The zero-order valence-electron chi connectivity index (χ0n) is 9.63. The third-order valence-electron chi connectivity index (χ3n) is 3.93. The molecular weight excluding hydrogens is 182 g/mol. The number of aryl methyl sites for hydroxylation is 1. The molecule has 1 nitrogen and oxygen atoms in total. The lowest BCUT2D eigenvalue weighted by atomic mass is 9.79. The van der Waals surface area contributed by atoms with E-state index in [0.717, 1.165) is 13.0 Å². The summed E-state index contributed by atoms with van der Waals surface area (Å²) >= 11 is 0. The third-order valence-corrected chi connectivity index (χ3v) is 3.93. The second-order valence-corrected chi connectivity index (χ2v) is 4.74. The van der Waals surface area contributed by atoms with Crippen LogP contribution in [0.5, 0.6) is 0 Å². The average molecular weight is 203 g/mol. The number of rotatable bonds is 3. The van der Waals surface area contributed by atoms with Crippen molar-refractivity contribution in [1.29, 1.82) is 0 Å². The van der Waals surface area contributed by atoms with Crippen molar-refractivity contribution in [2.45, 2.75) is 44.4 Å². The molecule has 2 N–H and O–H groups in total. The summed E-state index contributed by atoms with van der Waals surface area (Å²) in [4.78, 5) is 0. The molecule has 0 radical (unpaired) electrons. The Morgan fingerprint density at radius 1 is 1.13 bits per heavy atom. The molecule has 1 saturated carbocycles. The molecule has 1 aliphatic rings. The third kappa shape index (κ3) is 1.93. The van der Waals surface area contributed by atoms with Gasteiger partial charge in [-0.3, -0.25) is 0 Å². The van der Waals surface area contributed by atoms with Crippen LogP contribution in [0.15, 0.2) is 24.3 Å². The fourth-order valence-electron chi connectivity index (χ4n) is 2.76. The zero-order chi connectivity index (χ0) is 10.7. The standard InChI is InChI=1S/C14H21N/c1-2-12-5-7-13(8-6-12)14(11-15)9-3-4-10-14/h5-8H,2-4,9-11,15H2,1H3. The van der Waals surface area contributed by atoms with Crippen molar-refractivity contribution < 1.29 is 0 Å². The number of hydrogen-bond acceptors (Lipinski definition) is 1. The first kappa shape index (κ1) is 10.7. The highest BCUT2D eigenvalue weighted by Crippen LogP contribution is 2.40. The van der Waals surface area contributed by atoms with Crippen LogP contribution in [0.1, 0.15) is 43.7 Å². The molecule has 82 valence electrons. The van der Waals surface area contributed by atoms with E-state index in [0.29, 0.717) is 5.41 Å². The van der Waals surface area contributed by atoms with E-state index in [4.69, 9.17) is 5.73 Å². The molecule has 0 saturated heterocycles. The van der Waals surface area contributed by atoms with Crippen molar-refractivity contribution in [3.8, 4) is 0 Å². The molecule has 0 aromatic heterocycles. The Morgan fingerprint density at radius 3 is 2.20 bits per heavy atom. The van der Waals surface area contributed by atoms with Crippen LogP contribution < -0.4 is 5.73 Å². The average Bonchev–Trinajstić information content (AvgIpc) is 2.79. The van der Waals surface area contributed by atoms with Crippen molar-refractivity contribution in [1.82, 2.24) is 0 Å². The van der Waals surface area contributed by atoms with Crippen LogP contribution >= 0.6 is 0 Å². The van der Waals surface area contributed by atoms with E-state index < -0.39 is 0 Å². The highest BCUT2D eigenvalue weighted by atomic mass is 14.6. The van der Waals surface area contributed by atoms with Gasteiger partial charge in [-0.05, 0) is 30.4 Å². The summed E-state index contributed by atoms with van der Waals surface area (Å²) in [7, 11) is 0. The van der Waals surface area contributed by atoms with E-state index in [1.165, 1.54) is 36.8 Å². The summed E-state index contributed by atoms with van der Waals surface area (Å²) in [5, 5.41) is 0. The SMILES string of the molecule is CCc1ccc(C2(CN)CCCC2)cc1. The highest BCUT2D eigenvalue weighted by molar-refractivity contribution is 5.30. The summed E-state index contributed by atoms with van der Waals surface area (Å²) in [6.07, 6.45) is 6.35. The van der Waals surface area contributed by atoms with Crippen molar-refractivity contribution >= 4 is 0 Å². The van der Waals surface area contributed by atoms with E-state index in [1.54, 1.807) is 0 Å². The summed E-state index contributed by atoms with van der Waals surface area (Å²) in [5.74, 6) is 0. The van der Waals surface area contributed by atoms with Gasteiger partial charge in [-0.1, -0.05) is 44.0 Å². The predicted octanol–water partition coefficient (Wildman–Crippen LogP) is 3.02. The summed E-state index contributed by atoms with van der Waals surface area (Å²) in [6, 6.07) is 9.09. The van der Waals surface area contributed by atoms with Crippen LogP contribution in [0.3, 0.4) is 0 Å². The first-order valence-electron chi connectivity index (χ1n) is 6.10. The molecule has 0 spiro atoms. The Kier molecular flexibility index (Phi) is 3.11. The molecule has 0 bridgehead atoms. The second-order valence-electron chi connectivity index (χ2n) is 4.74. The quantitative estimate of drug-likeness (QED) is 0.803. The molecule has 1 fully saturated rings. The molecular formula is C14H21N. The summed E-state index contributed by atoms with van der Waals surface area (Å²) in [6.45, 7) is 3.00. The van der Waals surface area contributed by atoms with E-state index in [9.17, 15) is 0 Å². The molecule has 1 heteroatoms. The Labute approximate surface area is 92.7 Å². The van der Waals surface area contributed by atoms with Crippen LogP contribution in [0.2, 0.25) is 0 Å². The van der Waals surface area contributed by atoms with Crippen LogP contribution in [0.4, 0.5) is 0 Å². The van der Waals surface area contributed by atoms with E-state index in [2.05, 4.69) is 31.2 Å². The van der Waals surface area contributed by atoms with Gasteiger partial charge in [-0.15, -0.1) is 0 Å². The minimum Gasteiger partial charge on any atom is -0.330 e. The minimum atomic E-state index is 0.298. The van der Waals surface area contributed by atoms with Crippen LogP contribution in [-0.4, -0.2) is 6.54 Å². The van der Waals surface area contributed by atoms with Gasteiger partial charge in [-0.25, -0.2) is 0 Å². The lowest BCUT2D eigenvalue weighted by Crippen LogP contribution is -2.31. The van der Waals surface area contributed by atoms with Crippen LogP contribution in [0, 0.1) is 0 Å². The first-order valence-corrected chi connectivity index (χ1v) is 6.10. The Morgan fingerprint density at radius 2 is 1.73 bits per heavy atom. The second kappa shape index (κ2) is 4.36. The molecule has 0 heterocycles. The Hall–Kier alpha value is -0.820. The van der Waals surface area contributed by atoms with E-state index in [-0.39, 0.29) is 0 Å². The molecule has 2 rings (SSSR count). The van der Waals surface area contributed by atoms with Crippen molar-refractivity contribution in [3.63, 3.8) is 0 Å². The van der Waals surface area contributed by atoms with Crippen LogP contribution in [-0.2, 0) is 11.8 Å². The lowest BCUT2D eigenvalue weighted by Gasteiger charge is -2.28. The lowest BCUT2D eigenvalue weighted by molar-refractivity contribution is 0.453. The highest BCUT2D eigenvalue weighted by Gasteiger charge is 2.33. The number of benzene rings is 1. The molecule has 1 aromatic rings. The number of nitrogens with two attached hydrogens (primary N) is 1. The van der Waals surface area contributed by atoms with Gasteiger partial charge in [-0.2, -0.15) is 0 Å². The van der Waals surface area contributed by atoms with E-state index in [1.807, 2.05) is 0 Å². The molecule has 0 aliphatic heterocycles. The van der Waals surface area contributed by atoms with Crippen molar-refractivity contribution in [3.05, 3.63) is 35.4 Å². The largest absolute Gasteiger partial charge is 0.330 e. The van der Waals surface area contributed by atoms with Gasteiger partial charge >= 0.3 is 0 Å². The zero-order valence-corrected chi connectivity index (χ0v) is 9.63. The van der Waals surface area contributed by atoms with Gasteiger partial charge in [0, 0.05) is 12.0 Å². The fourth-order valence-corrected chi connectivity index (χ4v) is 2.76. The molecule has 1 aliphatic carbocycles. The van der Waals surface area contributed by atoms with Gasteiger partial charge in [0.15, 0.2) is 0 Å². The van der Waals surface area contributed by atoms with Crippen molar-refractivity contribution in [2.24, 2.45) is 5.73 Å². The molecule has 0 unspecified atom stereocenters. The van der Waals surface area contributed by atoms with Gasteiger partial charge in [0.1, 0.15) is 0 Å². The van der Waals surface area contributed by atoms with Crippen molar-refractivity contribution in [2.75, 3.05) is 6.54 Å². The van der Waals surface area contributed by atoms with Crippen LogP contribution in [0.25, 0.3) is 0 Å². The fraction of sp³-hybridized carbons (Fsp3) is 0.571. The first-order chi connectivity index (χ1) is 7.30. The summed E-state index contributed by atoms with van der Waals surface area (Å²) in [5.41, 5.74) is 9.15. The monoisotopic (exact) mass is 203 g/mol. The topological polar surface area (TPSA) is 26.0 Å². The van der Waals surface area contributed by atoms with Gasteiger partial charge in [0.05, 0.1) is 0 Å². The summed E-state index contributed by atoms with van der Waals surface area (Å²) < 4.78 is 0. The maximum absolute atomic E-state index is 5.97. The minimum absolute atomic E-state index is 0.298. The predicted molar refractivity (Wildman–Crippen MR) is 65.0 cm³/mol. The maximum Gasteiger partial charge on any atom is 0.00755 e. The number of hydrogen-bond donors (Lipinski definition) is 1. The normalized spacial score (nSPS) is 19.3. The van der Waals surface area contributed by atoms with Gasteiger partial charge < -0.3 is 5.73 Å². The molecule has 0 amide bonds. The van der Waals surface area contributed by atoms with Gasteiger partial charge in [0.25, 0.3) is 0 Å².